The highest BCUT2D eigenvalue weighted by Gasteiger charge is 2.22. The van der Waals surface area contributed by atoms with Crippen LogP contribution in [0.25, 0.3) is 0 Å². The van der Waals surface area contributed by atoms with Crippen LogP contribution in [0.3, 0.4) is 0 Å². The predicted octanol–water partition coefficient (Wildman–Crippen LogP) is 1.78. The van der Waals surface area contributed by atoms with E-state index in [1.54, 1.807) is 30.6 Å². The summed E-state index contributed by atoms with van der Waals surface area (Å²) in [6.07, 6.45) is 4.38. The van der Waals surface area contributed by atoms with Gasteiger partial charge in [-0.05, 0) is 48.7 Å². The number of aromatic nitrogens is 1. The molecule has 1 amide bonds. The maximum atomic E-state index is 12.2. The van der Waals surface area contributed by atoms with Crippen molar-refractivity contribution in [3.05, 3.63) is 59.4 Å². The predicted molar refractivity (Wildman–Crippen MR) is 94.2 cm³/mol. The lowest BCUT2D eigenvalue weighted by Gasteiger charge is -2.24. The van der Waals surface area contributed by atoms with E-state index in [-0.39, 0.29) is 12.5 Å². The molecule has 2 rings (SSSR count). The monoisotopic (exact) mass is 347 g/mol. The molecule has 0 saturated heterocycles. The van der Waals surface area contributed by atoms with Gasteiger partial charge in [-0.25, -0.2) is 8.42 Å². The van der Waals surface area contributed by atoms with Crippen molar-refractivity contribution < 1.29 is 13.2 Å². The Morgan fingerprint density at radius 1 is 1.17 bits per heavy atom. The topological polar surface area (TPSA) is 79.4 Å². The third-order valence-corrected chi connectivity index (χ3v) is 4.69. The number of anilines is 1. The number of rotatable bonds is 6. The van der Waals surface area contributed by atoms with Gasteiger partial charge in [-0.1, -0.05) is 12.1 Å². The smallest absolute Gasteiger partial charge is 0.241 e. The second-order valence-corrected chi connectivity index (χ2v) is 7.60. The van der Waals surface area contributed by atoms with Crippen molar-refractivity contribution in [2.24, 2.45) is 0 Å². The number of hydrogen-bond acceptors (Lipinski definition) is 4. The lowest BCUT2D eigenvalue weighted by molar-refractivity contribution is -0.119. The average Bonchev–Trinajstić information content (AvgIpc) is 2.53. The fourth-order valence-electron chi connectivity index (χ4n) is 2.26. The molecule has 0 aliphatic rings. The van der Waals surface area contributed by atoms with E-state index in [4.69, 9.17) is 0 Å². The third kappa shape index (κ3) is 4.79. The van der Waals surface area contributed by atoms with E-state index < -0.39 is 10.0 Å². The molecule has 0 aliphatic heterocycles. The van der Waals surface area contributed by atoms with Crippen LogP contribution in [0.15, 0.2) is 42.7 Å². The molecule has 1 aromatic heterocycles. The fourth-order valence-corrected chi connectivity index (χ4v) is 3.16. The van der Waals surface area contributed by atoms with Gasteiger partial charge >= 0.3 is 0 Å². The van der Waals surface area contributed by atoms with Crippen molar-refractivity contribution in [3.8, 4) is 0 Å². The zero-order chi connectivity index (χ0) is 17.7. The molecule has 128 valence electrons. The summed E-state index contributed by atoms with van der Waals surface area (Å²) < 4.78 is 25.4. The van der Waals surface area contributed by atoms with E-state index >= 15 is 0 Å². The fraction of sp³-hybridized carbons (Fsp3) is 0.294. The second kappa shape index (κ2) is 7.44. The SMILES string of the molecule is Cc1ccc(C)c(N(CC(=O)NCc2ccncc2)S(C)(=O)=O)c1. The molecule has 6 nitrogen and oxygen atoms in total. The molecular weight excluding hydrogens is 326 g/mol. The van der Waals surface area contributed by atoms with Gasteiger partial charge in [0.1, 0.15) is 6.54 Å². The number of amides is 1. The van der Waals surface area contributed by atoms with E-state index in [2.05, 4.69) is 10.3 Å². The van der Waals surface area contributed by atoms with Crippen LogP contribution in [0.5, 0.6) is 0 Å². The maximum Gasteiger partial charge on any atom is 0.241 e. The molecule has 0 aliphatic carbocycles. The molecule has 2 aromatic rings. The van der Waals surface area contributed by atoms with Crippen LogP contribution in [0.2, 0.25) is 0 Å². The molecule has 1 N–H and O–H groups in total. The van der Waals surface area contributed by atoms with Crippen molar-refractivity contribution in [3.63, 3.8) is 0 Å². The Labute approximate surface area is 142 Å². The van der Waals surface area contributed by atoms with Gasteiger partial charge in [-0.15, -0.1) is 0 Å². The van der Waals surface area contributed by atoms with Crippen molar-refractivity contribution in [2.75, 3.05) is 17.1 Å². The molecule has 1 heterocycles. The number of nitrogens with zero attached hydrogens (tertiary/aromatic N) is 2. The van der Waals surface area contributed by atoms with Crippen LogP contribution in [0, 0.1) is 13.8 Å². The van der Waals surface area contributed by atoms with Crippen molar-refractivity contribution in [2.45, 2.75) is 20.4 Å². The maximum absolute atomic E-state index is 12.2. The normalized spacial score (nSPS) is 11.1. The summed E-state index contributed by atoms with van der Waals surface area (Å²) in [4.78, 5) is 16.1. The number of nitrogens with one attached hydrogen (secondary N) is 1. The number of carbonyl (C=O) groups is 1. The molecule has 0 saturated carbocycles. The van der Waals surface area contributed by atoms with E-state index in [0.717, 1.165) is 27.3 Å². The largest absolute Gasteiger partial charge is 0.350 e. The summed E-state index contributed by atoms with van der Waals surface area (Å²) in [5, 5.41) is 2.73. The minimum Gasteiger partial charge on any atom is -0.350 e. The van der Waals surface area contributed by atoms with E-state index in [1.807, 2.05) is 26.0 Å². The lowest BCUT2D eigenvalue weighted by atomic mass is 10.1. The molecular formula is C17H21N3O3S. The standard InChI is InChI=1S/C17H21N3O3S/c1-13-4-5-14(2)16(10-13)20(24(3,22)23)12-17(21)19-11-15-6-8-18-9-7-15/h4-10H,11-12H2,1-3H3,(H,19,21). The number of carbonyl (C=O) groups excluding carboxylic acids is 1. The van der Waals surface area contributed by atoms with E-state index in [1.165, 1.54) is 0 Å². The number of benzene rings is 1. The Morgan fingerprint density at radius 2 is 1.83 bits per heavy atom. The van der Waals surface area contributed by atoms with Crippen molar-refractivity contribution in [1.82, 2.24) is 10.3 Å². The third-order valence-electron chi connectivity index (χ3n) is 3.56. The Morgan fingerprint density at radius 3 is 2.46 bits per heavy atom. The van der Waals surface area contributed by atoms with Crippen LogP contribution in [-0.2, 0) is 21.4 Å². The van der Waals surface area contributed by atoms with Gasteiger partial charge in [0.15, 0.2) is 0 Å². The van der Waals surface area contributed by atoms with Crippen LogP contribution in [0.1, 0.15) is 16.7 Å². The summed E-state index contributed by atoms with van der Waals surface area (Å²) in [7, 11) is -3.57. The summed E-state index contributed by atoms with van der Waals surface area (Å²) in [5.41, 5.74) is 3.15. The minimum atomic E-state index is -3.57. The quantitative estimate of drug-likeness (QED) is 0.864. The highest BCUT2D eigenvalue weighted by molar-refractivity contribution is 7.92. The summed E-state index contributed by atoms with van der Waals surface area (Å²) in [6.45, 7) is 3.77. The number of sulfonamides is 1. The Balaban J connectivity index is 2.15. The first-order valence-corrected chi connectivity index (χ1v) is 9.33. The molecule has 1 aromatic carbocycles. The summed E-state index contributed by atoms with van der Waals surface area (Å²) in [6, 6.07) is 9.10. The minimum absolute atomic E-state index is 0.256. The zero-order valence-electron chi connectivity index (χ0n) is 14.0. The molecule has 0 unspecified atom stereocenters. The number of aryl methyl sites for hydroxylation is 2. The first-order valence-electron chi connectivity index (χ1n) is 7.48. The average molecular weight is 347 g/mol. The van der Waals surface area contributed by atoms with Gasteiger partial charge in [0.2, 0.25) is 15.9 Å². The van der Waals surface area contributed by atoms with Crippen LogP contribution >= 0.6 is 0 Å². The van der Waals surface area contributed by atoms with Gasteiger partial charge in [0.05, 0.1) is 11.9 Å². The summed E-state index contributed by atoms with van der Waals surface area (Å²) in [5.74, 6) is -0.363. The van der Waals surface area contributed by atoms with Gasteiger partial charge < -0.3 is 5.32 Å². The molecule has 0 atom stereocenters. The Bertz CT molecular complexity index is 820. The second-order valence-electron chi connectivity index (χ2n) is 5.69. The first kappa shape index (κ1) is 17.9. The number of pyridine rings is 1. The highest BCUT2D eigenvalue weighted by Crippen LogP contribution is 2.23. The molecule has 0 bridgehead atoms. The Hall–Kier alpha value is -2.41. The van der Waals surface area contributed by atoms with Crippen LogP contribution in [-0.4, -0.2) is 32.1 Å². The van der Waals surface area contributed by atoms with Gasteiger partial charge in [0, 0.05) is 18.9 Å². The van der Waals surface area contributed by atoms with Crippen LogP contribution in [0.4, 0.5) is 5.69 Å². The molecule has 0 spiro atoms. The van der Waals surface area contributed by atoms with Crippen molar-refractivity contribution >= 4 is 21.6 Å². The van der Waals surface area contributed by atoms with Crippen LogP contribution < -0.4 is 9.62 Å². The van der Waals surface area contributed by atoms with E-state index in [9.17, 15) is 13.2 Å². The van der Waals surface area contributed by atoms with Gasteiger partial charge in [0.25, 0.3) is 0 Å². The molecule has 24 heavy (non-hydrogen) atoms. The summed E-state index contributed by atoms with van der Waals surface area (Å²) >= 11 is 0. The van der Waals surface area contributed by atoms with Crippen molar-refractivity contribution in [1.29, 1.82) is 0 Å². The Kier molecular flexibility index (Phi) is 5.56. The highest BCUT2D eigenvalue weighted by atomic mass is 32.2. The first-order chi connectivity index (χ1) is 11.3. The van der Waals surface area contributed by atoms with E-state index in [0.29, 0.717) is 12.2 Å². The lowest BCUT2D eigenvalue weighted by Crippen LogP contribution is -2.40. The van der Waals surface area contributed by atoms with Gasteiger partial charge in [-0.3, -0.25) is 14.1 Å². The molecule has 7 heteroatoms. The number of hydrogen-bond donors (Lipinski definition) is 1. The molecule has 0 radical (unpaired) electrons. The zero-order valence-corrected chi connectivity index (χ0v) is 14.8. The molecule has 0 fully saturated rings. The van der Waals surface area contributed by atoms with Gasteiger partial charge in [-0.2, -0.15) is 0 Å².